The molecule has 1 aromatic heterocycles. The molecule has 6 heteroatoms. The number of aromatic nitrogens is 3. The number of aliphatic hydroxyl groups is 1. The number of carbonyl (C=O) groups is 1. The number of hydrogen-bond donors (Lipinski definition) is 1. The van der Waals surface area contributed by atoms with Gasteiger partial charge in [0, 0.05) is 13.1 Å². The Labute approximate surface area is 117 Å². The van der Waals surface area contributed by atoms with Crippen LogP contribution in [0.3, 0.4) is 0 Å². The number of amides is 1. The molecule has 106 valence electrons. The second kappa shape index (κ2) is 6.81. The van der Waals surface area contributed by atoms with Crippen molar-refractivity contribution in [3.63, 3.8) is 0 Å². The largest absolute Gasteiger partial charge is 0.395 e. The Kier molecular flexibility index (Phi) is 4.84. The number of benzene rings is 1. The highest BCUT2D eigenvalue weighted by molar-refractivity contribution is 5.79. The topological polar surface area (TPSA) is 71.2 Å². The lowest BCUT2D eigenvalue weighted by Gasteiger charge is -2.25. The minimum Gasteiger partial charge on any atom is -0.395 e. The van der Waals surface area contributed by atoms with Crippen LogP contribution in [-0.2, 0) is 11.3 Å². The average molecular weight is 274 g/mol. The van der Waals surface area contributed by atoms with Crippen LogP contribution in [0.4, 0.5) is 0 Å². The maximum absolute atomic E-state index is 12.5. The van der Waals surface area contributed by atoms with E-state index in [1.165, 1.54) is 17.3 Å². The summed E-state index contributed by atoms with van der Waals surface area (Å²) in [7, 11) is 0. The molecule has 0 saturated carbocycles. The maximum atomic E-state index is 12.5. The lowest BCUT2D eigenvalue weighted by Crippen LogP contribution is -2.37. The smallest absolute Gasteiger partial charge is 0.247 e. The Morgan fingerprint density at radius 1 is 1.40 bits per heavy atom. The second-order valence-corrected chi connectivity index (χ2v) is 4.52. The molecule has 0 aliphatic carbocycles. The van der Waals surface area contributed by atoms with E-state index in [2.05, 4.69) is 10.1 Å². The molecule has 2 rings (SSSR count). The SMILES string of the molecule is CC(C(=O)N(CCO)Cc1ccccc1)n1cncn1. The molecule has 1 amide bonds. The van der Waals surface area contributed by atoms with Crippen molar-refractivity contribution in [3.8, 4) is 0 Å². The maximum Gasteiger partial charge on any atom is 0.247 e. The fraction of sp³-hybridized carbons (Fsp3) is 0.357. The summed E-state index contributed by atoms with van der Waals surface area (Å²) >= 11 is 0. The highest BCUT2D eigenvalue weighted by atomic mass is 16.3. The van der Waals surface area contributed by atoms with Gasteiger partial charge in [0.05, 0.1) is 6.61 Å². The zero-order chi connectivity index (χ0) is 14.4. The molecule has 1 aromatic carbocycles. The molecule has 1 heterocycles. The monoisotopic (exact) mass is 274 g/mol. The Bertz CT molecular complexity index is 527. The van der Waals surface area contributed by atoms with Crippen LogP contribution in [-0.4, -0.2) is 43.8 Å². The molecule has 1 atom stereocenters. The van der Waals surface area contributed by atoms with E-state index in [0.717, 1.165) is 5.56 Å². The molecule has 0 radical (unpaired) electrons. The quantitative estimate of drug-likeness (QED) is 0.848. The van der Waals surface area contributed by atoms with Crippen LogP contribution in [0.15, 0.2) is 43.0 Å². The molecule has 20 heavy (non-hydrogen) atoms. The summed E-state index contributed by atoms with van der Waals surface area (Å²) in [5.74, 6) is -0.0894. The van der Waals surface area contributed by atoms with Gasteiger partial charge in [-0.05, 0) is 12.5 Å². The average Bonchev–Trinajstić information content (AvgIpc) is 3.00. The summed E-state index contributed by atoms with van der Waals surface area (Å²) in [5.41, 5.74) is 1.03. The molecule has 0 spiro atoms. The van der Waals surface area contributed by atoms with Gasteiger partial charge in [-0.1, -0.05) is 30.3 Å². The van der Waals surface area contributed by atoms with Gasteiger partial charge in [0.25, 0.3) is 0 Å². The minimum atomic E-state index is -0.437. The summed E-state index contributed by atoms with van der Waals surface area (Å²) in [5, 5.41) is 13.1. The van der Waals surface area contributed by atoms with Gasteiger partial charge >= 0.3 is 0 Å². The number of aliphatic hydroxyl groups excluding tert-OH is 1. The van der Waals surface area contributed by atoms with Crippen molar-refractivity contribution in [1.29, 1.82) is 0 Å². The highest BCUT2D eigenvalue weighted by Crippen LogP contribution is 2.11. The first-order valence-electron chi connectivity index (χ1n) is 6.50. The van der Waals surface area contributed by atoms with Gasteiger partial charge in [-0.15, -0.1) is 0 Å². The van der Waals surface area contributed by atoms with Crippen molar-refractivity contribution in [2.45, 2.75) is 19.5 Å². The molecule has 2 aromatic rings. The van der Waals surface area contributed by atoms with E-state index in [9.17, 15) is 4.79 Å². The molecule has 0 aliphatic heterocycles. The number of rotatable bonds is 6. The van der Waals surface area contributed by atoms with Gasteiger partial charge in [0.15, 0.2) is 0 Å². The van der Waals surface area contributed by atoms with E-state index in [4.69, 9.17) is 5.11 Å². The molecule has 0 saturated heterocycles. The molecular formula is C14H18N4O2. The molecule has 0 aliphatic rings. The van der Waals surface area contributed by atoms with Crippen LogP contribution in [0.25, 0.3) is 0 Å². The fourth-order valence-electron chi connectivity index (χ4n) is 1.99. The fourth-order valence-corrected chi connectivity index (χ4v) is 1.99. The van der Waals surface area contributed by atoms with Crippen molar-refractivity contribution in [2.24, 2.45) is 0 Å². The van der Waals surface area contributed by atoms with E-state index in [1.54, 1.807) is 11.8 Å². The lowest BCUT2D eigenvalue weighted by atomic mass is 10.2. The van der Waals surface area contributed by atoms with Crippen molar-refractivity contribution in [1.82, 2.24) is 19.7 Å². The molecular weight excluding hydrogens is 256 g/mol. The predicted octanol–water partition coefficient (Wildman–Crippen LogP) is 0.860. The molecule has 0 bridgehead atoms. The van der Waals surface area contributed by atoms with Crippen molar-refractivity contribution in [2.75, 3.05) is 13.2 Å². The Hall–Kier alpha value is -2.21. The third-order valence-electron chi connectivity index (χ3n) is 3.09. The van der Waals surface area contributed by atoms with Crippen molar-refractivity contribution >= 4 is 5.91 Å². The zero-order valence-electron chi connectivity index (χ0n) is 11.4. The molecule has 0 fully saturated rings. The first-order chi connectivity index (χ1) is 9.72. The summed E-state index contributed by atoms with van der Waals surface area (Å²) in [6, 6.07) is 9.26. The van der Waals surface area contributed by atoms with E-state index < -0.39 is 6.04 Å². The summed E-state index contributed by atoms with van der Waals surface area (Å²) in [4.78, 5) is 17.9. The first-order valence-corrected chi connectivity index (χ1v) is 6.50. The Morgan fingerprint density at radius 3 is 2.75 bits per heavy atom. The van der Waals surface area contributed by atoms with Crippen LogP contribution in [0.1, 0.15) is 18.5 Å². The van der Waals surface area contributed by atoms with E-state index in [1.807, 2.05) is 30.3 Å². The normalized spacial score (nSPS) is 12.1. The van der Waals surface area contributed by atoms with Gasteiger partial charge < -0.3 is 10.0 Å². The summed E-state index contributed by atoms with van der Waals surface area (Å²) < 4.78 is 1.51. The van der Waals surface area contributed by atoms with Gasteiger partial charge in [-0.3, -0.25) is 4.79 Å². The van der Waals surface area contributed by atoms with Gasteiger partial charge in [0.2, 0.25) is 5.91 Å². The van der Waals surface area contributed by atoms with E-state index in [0.29, 0.717) is 13.1 Å². The number of nitrogens with zero attached hydrogens (tertiary/aromatic N) is 4. The van der Waals surface area contributed by atoms with Crippen LogP contribution >= 0.6 is 0 Å². The highest BCUT2D eigenvalue weighted by Gasteiger charge is 2.22. The van der Waals surface area contributed by atoms with Crippen molar-refractivity contribution < 1.29 is 9.90 Å². The van der Waals surface area contributed by atoms with Crippen LogP contribution < -0.4 is 0 Å². The minimum absolute atomic E-state index is 0.0668. The molecule has 1 unspecified atom stereocenters. The van der Waals surface area contributed by atoms with Gasteiger partial charge in [-0.2, -0.15) is 5.10 Å². The first kappa shape index (κ1) is 14.2. The van der Waals surface area contributed by atoms with E-state index in [-0.39, 0.29) is 12.5 Å². The van der Waals surface area contributed by atoms with Crippen molar-refractivity contribution in [3.05, 3.63) is 48.5 Å². The third kappa shape index (κ3) is 3.42. The van der Waals surface area contributed by atoms with Crippen LogP contribution in [0.2, 0.25) is 0 Å². The Morgan fingerprint density at radius 2 is 2.15 bits per heavy atom. The zero-order valence-corrected chi connectivity index (χ0v) is 11.4. The molecule has 6 nitrogen and oxygen atoms in total. The third-order valence-corrected chi connectivity index (χ3v) is 3.09. The van der Waals surface area contributed by atoms with Gasteiger partial charge in [0.1, 0.15) is 18.7 Å². The van der Waals surface area contributed by atoms with Gasteiger partial charge in [-0.25, -0.2) is 9.67 Å². The number of carbonyl (C=O) groups excluding carboxylic acids is 1. The van der Waals surface area contributed by atoms with Crippen LogP contribution in [0, 0.1) is 0 Å². The van der Waals surface area contributed by atoms with E-state index >= 15 is 0 Å². The summed E-state index contributed by atoms with van der Waals surface area (Å²) in [6.07, 6.45) is 2.92. The Balaban J connectivity index is 2.09. The lowest BCUT2D eigenvalue weighted by molar-refractivity contribution is -0.135. The summed E-state index contributed by atoms with van der Waals surface area (Å²) in [6.45, 7) is 2.47. The second-order valence-electron chi connectivity index (χ2n) is 4.52. The number of hydrogen-bond acceptors (Lipinski definition) is 4. The predicted molar refractivity (Wildman–Crippen MR) is 73.7 cm³/mol. The molecule has 1 N–H and O–H groups in total. The van der Waals surface area contributed by atoms with Crippen LogP contribution in [0.5, 0.6) is 0 Å². The standard InChI is InChI=1S/C14H18N4O2/c1-12(18-11-15-10-16-18)14(20)17(7-8-19)9-13-5-3-2-4-6-13/h2-6,10-12,19H,7-9H2,1H3.